The van der Waals surface area contributed by atoms with E-state index in [4.69, 9.17) is 28.9 Å². The van der Waals surface area contributed by atoms with Crippen molar-refractivity contribution in [3.05, 3.63) is 87.4 Å². The van der Waals surface area contributed by atoms with Crippen molar-refractivity contribution in [1.29, 1.82) is 0 Å². The maximum atomic E-state index is 6.15. The van der Waals surface area contributed by atoms with Crippen LogP contribution in [0.25, 0.3) is 17.0 Å². The Labute approximate surface area is 177 Å². The molecule has 0 amide bonds. The first-order valence-electron chi connectivity index (χ1n) is 9.18. The van der Waals surface area contributed by atoms with Crippen LogP contribution in [-0.2, 0) is 0 Å². The zero-order valence-electron chi connectivity index (χ0n) is 16.6. The van der Waals surface area contributed by atoms with Crippen LogP contribution in [-0.4, -0.2) is 11.5 Å². The maximum Gasteiger partial charge on any atom is 0.0606 e. The Kier molecular flexibility index (Phi) is 8.18. The Hall–Kier alpha value is -2.20. The molecule has 3 nitrogen and oxygen atoms in total. The second kappa shape index (κ2) is 10.4. The molecule has 1 aromatic heterocycles. The number of rotatable bonds is 8. The fourth-order valence-corrected chi connectivity index (χ4v) is 2.98. The molecule has 1 aromatic carbocycles. The van der Waals surface area contributed by atoms with Crippen molar-refractivity contribution in [3.8, 4) is 0 Å². The second-order valence-corrected chi connectivity index (χ2v) is 7.42. The van der Waals surface area contributed by atoms with Gasteiger partial charge in [-0.15, -0.1) is 0 Å². The molecular weight excluding hydrogens is 389 g/mol. The van der Waals surface area contributed by atoms with Gasteiger partial charge >= 0.3 is 0 Å². The number of aromatic nitrogens is 1. The van der Waals surface area contributed by atoms with E-state index in [9.17, 15) is 0 Å². The normalized spacial score (nSPS) is 13.6. The summed E-state index contributed by atoms with van der Waals surface area (Å²) in [6, 6.07) is 6.41. The van der Waals surface area contributed by atoms with E-state index in [0.29, 0.717) is 16.6 Å². The summed E-state index contributed by atoms with van der Waals surface area (Å²) in [5, 5.41) is 5.30. The van der Waals surface area contributed by atoms with Crippen molar-refractivity contribution in [2.24, 2.45) is 5.73 Å². The lowest BCUT2D eigenvalue weighted by atomic mass is 10.1. The van der Waals surface area contributed by atoms with E-state index in [1.165, 1.54) is 10.9 Å². The van der Waals surface area contributed by atoms with Crippen LogP contribution < -0.4 is 11.1 Å². The minimum atomic E-state index is 0.301. The third kappa shape index (κ3) is 5.90. The van der Waals surface area contributed by atoms with E-state index in [0.717, 1.165) is 34.6 Å². The van der Waals surface area contributed by atoms with Gasteiger partial charge in [0.05, 0.1) is 10.1 Å². The number of fused-ring (bicyclic) bond motifs is 1. The average Bonchev–Trinajstić information content (AvgIpc) is 2.95. The quantitative estimate of drug-likeness (QED) is 0.436. The summed E-state index contributed by atoms with van der Waals surface area (Å²) in [7, 11) is 0. The number of nitrogens with one attached hydrogen (secondary N) is 2. The number of halogens is 2. The lowest BCUT2D eigenvalue weighted by Crippen LogP contribution is -2.10. The van der Waals surface area contributed by atoms with E-state index in [2.05, 4.69) is 55.0 Å². The van der Waals surface area contributed by atoms with Gasteiger partial charge < -0.3 is 16.0 Å². The lowest BCUT2D eigenvalue weighted by Gasteiger charge is -2.10. The third-order valence-electron chi connectivity index (χ3n) is 4.26. The molecule has 1 heterocycles. The highest BCUT2D eigenvalue weighted by Crippen LogP contribution is 2.26. The SMILES string of the molecule is C=C(Cl)/C(Cl)=C\C(=C/C)NC(/C=C/CCN)=C/c1c(C)[nH]c2ccc(C)cc12. The number of nitrogens with two attached hydrogens (primary N) is 1. The number of aryl methyl sites for hydroxylation is 2. The van der Waals surface area contributed by atoms with Crippen molar-refractivity contribution in [1.82, 2.24) is 10.3 Å². The number of benzene rings is 1. The summed E-state index contributed by atoms with van der Waals surface area (Å²) in [6.45, 7) is 10.4. The summed E-state index contributed by atoms with van der Waals surface area (Å²) in [6.07, 6.45) is 10.7. The first-order valence-corrected chi connectivity index (χ1v) is 9.93. The molecule has 0 aliphatic heterocycles. The monoisotopic (exact) mass is 415 g/mol. The second-order valence-electron chi connectivity index (χ2n) is 6.56. The van der Waals surface area contributed by atoms with Crippen LogP contribution in [0.15, 0.2) is 70.5 Å². The van der Waals surface area contributed by atoms with Crippen molar-refractivity contribution in [2.75, 3.05) is 6.54 Å². The molecule has 2 aromatic rings. The number of H-pyrrole nitrogens is 1. The van der Waals surface area contributed by atoms with Gasteiger partial charge in [-0.2, -0.15) is 0 Å². The molecule has 2 rings (SSSR count). The van der Waals surface area contributed by atoms with Crippen molar-refractivity contribution in [3.63, 3.8) is 0 Å². The molecule has 0 spiro atoms. The van der Waals surface area contributed by atoms with Crippen molar-refractivity contribution < 1.29 is 0 Å². The molecule has 28 heavy (non-hydrogen) atoms. The minimum absolute atomic E-state index is 0.301. The smallest absolute Gasteiger partial charge is 0.0606 e. The summed E-state index contributed by atoms with van der Waals surface area (Å²) in [4.78, 5) is 3.45. The Morgan fingerprint density at radius 1 is 1.25 bits per heavy atom. The number of hydrogen-bond donors (Lipinski definition) is 3. The first kappa shape index (κ1) is 22.1. The van der Waals surface area contributed by atoms with Crippen LogP contribution in [0, 0.1) is 13.8 Å². The van der Waals surface area contributed by atoms with E-state index >= 15 is 0 Å². The highest BCUT2D eigenvalue weighted by Gasteiger charge is 2.08. The van der Waals surface area contributed by atoms with Gasteiger partial charge in [-0.1, -0.05) is 53.6 Å². The van der Waals surface area contributed by atoms with Gasteiger partial charge in [-0.3, -0.25) is 0 Å². The highest BCUT2D eigenvalue weighted by molar-refractivity contribution is 6.43. The summed E-state index contributed by atoms with van der Waals surface area (Å²) in [5.41, 5.74) is 12.0. The first-order chi connectivity index (χ1) is 13.3. The molecule has 148 valence electrons. The van der Waals surface area contributed by atoms with Crippen LogP contribution in [0.2, 0.25) is 0 Å². The fourth-order valence-electron chi connectivity index (χ4n) is 2.81. The van der Waals surface area contributed by atoms with Crippen molar-refractivity contribution in [2.45, 2.75) is 27.2 Å². The third-order valence-corrected chi connectivity index (χ3v) is 4.90. The summed E-state index contributed by atoms with van der Waals surface area (Å²) in [5.74, 6) is 0. The van der Waals surface area contributed by atoms with Crippen molar-refractivity contribution >= 4 is 40.2 Å². The van der Waals surface area contributed by atoms with Crippen LogP contribution in [0.1, 0.15) is 30.2 Å². The lowest BCUT2D eigenvalue weighted by molar-refractivity contribution is 0.995. The zero-order chi connectivity index (χ0) is 20.7. The topological polar surface area (TPSA) is 53.8 Å². The molecule has 0 unspecified atom stereocenters. The average molecular weight is 416 g/mol. The molecule has 4 N–H and O–H groups in total. The molecule has 0 radical (unpaired) electrons. The molecule has 0 saturated carbocycles. The highest BCUT2D eigenvalue weighted by atomic mass is 35.5. The van der Waals surface area contributed by atoms with Crippen LogP contribution in [0.4, 0.5) is 0 Å². The molecular formula is C23H27Cl2N3. The van der Waals surface area contributed by atoms with Gasteiger partial charge in [-0.05, 0) is 64.1 Å². The molecule has 0 aliphatic carbocycles. The number of aromatic amines is 1. The van der Waals surface area contributed by atoms with Crippen LogP contribution in [0.5, 0.6) is 0 Å². The maximum absolute atomic E-state index is 6.15. The molecule has 0 saturated heterocycles. The largest absolute Gasteiger partial charge is 0.358 e. The van der Waals surface area contributed by atoms with Gasteiger partial charge in [0.25, 0.3) is 0 Å². The van der Waals surface area contributed by atoms with Gasteiger partial charge in [0.15, 0.2) is 0 Å². The van der Waals surface area contributed by atoms with Crippen LogP contribution in [0.3, 0.4) is 0 Å². The van der Waals surface area contributed by atoms with Gasteiger partial charge in [0.1, 0.15) is 0 Å². The molecule has 0 aliphatic rings. The molecule has 0 fully saturated rings. The van der Waals surface area contributed by atoms with E-state index in [-0.39, 0.29) is 0 Å². The Morgan fingerprint density at radius 3 is 2.64 bits per heavy atom. The Morgan fingerprint density at radius 2 is 2.00 bits per heavy atom. The standard InChI is InChI=1S/C23H27Cl2N3/c1-5-18(14-22(25)16(3)24)28-19(8-6-7-11-26)13-20-17(4)27-23-10-9-15(2)12-21(20)23/h5-6,8-10,12-14,27-28H,3,7,11,26H2,1-2,4H3/b8-6+,18-5+,19-13+,22-14+. The Bertz CT molecular complexity index is 975. The summed E-state index contributed by atoms with van der Waals surface area (Å²) >= 11 is 12.0. The van der Waals surface area contributed by atoms with Gasteiger partial charge in [-0.25, -0.2) is 0 Å². The van der Waals surface area contributed by atoms with Crippen LogP contribution >= 0.6 is 23.2 Å². The van der Waals surface area contributed by atoms with E-state index in [1.54, 1.807) is 6.08 Å². The van der Waals surface area contributed by atoms with E-state index < -0.39 is 0 Å². The fraction of sp³-hybridized carbons (Fsp3) is 0.217. The van der Waals surface area contributed by atoms with E-state index in [1.807, 2.05) is 25.2 Å². The minimum Gasteiger partial charge on any atom is -0.358 e. The Balaban J connectivity index is 2.49. The predicted molar refractivity (Wildman–Crippen MR) is 124 cm³/mol. The summed E-state index contributed by atoms with van der Waals surface area (Å²) < 4.78 is 0. The zero-order valence-corrected chi connectivity index (χ0v) is 18.1. The predicted octanol–water partition coefficient (Wildman–Crippen LogP) is 6.40. The molecule has 0 bridgehead atoms. The molecule has 0 atom stereocenters. The number of allylic oxidation sites excluding steroid dienone is 5. The molecule has 5 heteroatoms. The van der Waals surface area contributed by atoms with Gasteiger partial charge in [0, 0.05) is 33.6 Å². The number of hydrogen-bond acceptors (Lipinski definition) is 2. The van der Waals surface area contributed by atoms with Gasteiger partial charge in [0.2, 0.25) is 0 Å².